The lowest BCUT2D eigenvalue weighted by molar-refractivity contribution is -0.0750. The molecule has 150 valence electrons. The van der Waals surface area contributed by atoms with Gasteiger partial charge in [-0.15, -0.1) is 0 Å². The minimum atomic E-state index is -0.465. The fraction of sp³-hybridized carbons (Fsp3) is 0.714. The van der Waals surface area contributed by atoms with E-state index in [2.05, 4.69) is 67.1 Å². The number of piperidine rings is 2. The second-order valence-electron chi connectivity index (χ2n) is 8.53. The van der Waals surface area contributed by atoms with Crippen LogP contribution < -0.4 is 4.74 Å². The molecule has 3 aliphatic heterocycles. The molecule has 1 unspecified atom stereocenters. The topological polar surface area (TPSA) is 35.9 Å². The van der Waals surface area contributed by atoms with Crippen molar-refractivity contribution in [2.75, 3.05) is 45.9 Å². The zero-order valence-corrected chi connectivity index (χ0v) is 20.2. The summed E-state index contributed by atoms with van der Waals surface area (Å²) < 4.78 is 8.64. The SMILES string of the molecule is OC1c2cc(I)cc(I)c2OCC1(CN1CCCCC1)CN1CCCCC1. The van der Waals surface area contributed by atoms with Crippen LogP contribution in [0.2, 0.25) is 0 Å². The molecule has 0 saturated carbocycles. The average Bonchev–Trinajstić information content (AvgIpc) is 2.67. The lowest BCUT2D eigenvalue weighted by Crippen LogP contribution is -2.55. The molecule has 0 aromatic heterocycles. The van der Waals surface area contributed by atoms with Crippen LogP contribution in [0.4, 0.5) is 0 Å². The van der Waals surface area contributed by atoms with Gasteiger partial charge in [-0.05, 0) is 109 Å². The summed E-state index contributed by atoms with van der Waals surface area (Å²) in [7, 11) is 0. The highest BCUT2D eigenvalue weighted by Crippen LogP contribution is 2.47. The van der Waals surface area contributed by atoms with E-state index in [0.29, 0.717) is 6.61 Å². The van der Waals surface area contributed by atoms with Crippen molar-refractivity contribution in [1.82, 2.24) is 9.80 Å². The highest BCUT2D eigenvalue weighted by molar-refractivity contribution is 14.1. The lowest BCUT2D eigenvalue weighted by Gasteiger charge is -2.48. The standard InChI is InChI=1S/C21H30I2N2O2/c22-16-11-17-19(18(23)12-16)27-15-21(20(17)26,13-24-7-3-1-4-8-24)14-25-9-5-2-6-10-25/h11-12,20,26H,1-10,13-15H2. The number of benzene rings is 1. The third-order valence-corrected chi connectivity index (χ3v) is 7.81. The molecule has 3 heterocycles. The summed E-state index contributed by atoms with van der Waals surface area (Å²) >= 11 is 4.69. The van der Waals surface area contributed by atoms with E-state index in [4.69, 9.17) is 4.74 Å². The molecule has 4 rings (SSSR count). The highest BCUT2D eigenvalue weighted by atomic mass is 127. The Labute approximate surface area is 190 Å². The normalized spacial score (nSPS) is 26.4. The van der Waals surface area contributed by atoms with Crippen LogP contribution in [0.5, 0.6) is 5.75 Å². The summed E-state index contributed by atoms with van der Waals surface area (Å²) in [6.45, 7) is 7.12. The van der Waals surface area contributed by atoms with Crippen molar-refractivity contribution < 1.29 is 9.84 Å². The molecule has 1 aromatic carbocycles. The maximum Gasteiger partial charge on any atom is 0.138 e. The molecule has 0 aliphatic carbocycles. The van der Waals surface area contributed by atoms with E-state index in [1.807, 2.05) is 0 Å². The van der Waals surface area contributed by atoms with Crippen LogP contribution in [-0.4, -0.2) is 60.8 Å². The Hall–Kier alpha value is 0.360. The maximum atomic E-state index is 11.6. The summed E-state index contributed by atoms with van der Waals surface area (Å²) in [4.78, 5) is 5.15. The fourth-order valence-corrected chi connectivity index (χ4v) is 7.05. The van der Waals surface area contributed by atoms with Crippen LogP contribution >= 0.6 is 45.2 Å². The van der Waals surface area contributed by atoms with Gasteiger partial charge in [0, 0.05) is 22.2 Å². The van der Waals surface area contributed by atoms with E-state index < -0.39 is 6.10 Å². The minimum Gasteiger partial charge on any atom is -0.491 e. The number of aliphatic hydroxyl groups excluding tert-OH is 1. The molecular formula is C21H30I2N2O2. The summed E-state index contributed by atoms with van der Waals surface area (Å²) in [6.07, 6.45) is 7.34. The third-order valence-electron chi connectivity index (χ3n) is 6.39. The van der Waals surface area contributed by atoms with Crippen molar-refractivity contribution in [2.24, 2.45) is 5.41 Å². The molecule has 4 nitrogen and oxygen atoms in total. The Morgan fingerprint density at radius 1 is 0.926 bits per heavy atom. The van der Waals surface area contributed by atoms with Crippen LogP contribution in [-0.2, 0) is 0 Å². The number of likely N-dealkylation sites (tertiary alicyclic amines) is 2. The van der Waals surface area contributed by atoms with E-state index in [1.165, 1.54) is 42.1 Å². The summed E-state index contributed by atoms with van der Waals surface area (Å²) in [5, 5.41) is 11.6. The first-order chi connectivity index (χ1) is 13.1. The molecule has 0 radical (unpaired) electrons. The minimum absolute atomic E-state index is 0.241. The van der Waals surface area contributed by atoms with Gasteiger partial charge in [0.15, 0.2) is 0 Å². The Bertz CT molecular complexity index is 638. The van der Waals surface area contributed by atoms with Crippen LogP contribution in [0.1, 0.15) is 50.2 Å². The van der Waals surface area contributed by atoms with Crippen molar-refractivity contribution in [2.45, 2.75) is 44.6 Å². The predicted molar refractivity (Wildman–Crippen MR) is 125 cm³/mol. The largest absolute Gasteiger partial charge is 0.491 e. The van der Waals surface area contributed by atoms with Gasteiger partial charge in [0.2, 0.25) is 0 Å². The molecule has 1 N–H and O–H groups in total. The number of halogens is 2. The molecule has 1 atom stereocenters. The van der Waals surface area contributed by atoms with Gasteiger partial charge in [-0.25, -0.2) is 0 Å². The van der Waals surface area contributed by atoms with Gasteiger partial charge in [-0.3, -0.25) is 0 Å². The lowest BCUT2D eigenvalue weighted by atomic mass is 9.76. The molecular weight excluding hydrogens is 566 g/mol. The molecule has 3 aliphatic rings. The van der Waals surface area contributed by atoms with Gasteiger partial charge >= 0.3 is 0 Å². The van der Waals surface area contributed by atoms with Crippen molar-refractivity contribution >= 4 is 45.2 Å². The molecule has 2 saturated heterocycles. The molecule has 0 spiro atoms. The highest BCUT2D eigenvalue weighted by Gasteiger charge is 2.47. The van der Waals surface area contributed by atoms with Gasteiger partial charge in [0.25, 0.3) is 0 Å². The summed E-state index contributed by atoms with van der Waals surface area (Å²) in [5.41, 5.74) is 0.751. The number of hydrogen-bond acceptors (Lipinski definition) is 4. The molecule has 2 fully saturated rings. The number of aliphatic hydroxyl groups is 1. The van der Waals surface area contributed by atoms with E-state index in [-0.39, 0.29) is 5.41 Å². The van der Waals surface area contributed by atoms with Crippen LogP contribution in [0.15, 0.2) is 12.1 Å². The second-order valence-corrected chi connectivity index (χ2v) is 10.9. The van der Waals surface area contributed by atoms with Gasteiger partial charge in [0.05, 0.1) is 21.7 Å². The van der Waals surface area contributed by atoms with E-state index in [9.17, 15) is 5.11 Å². The predicted octanol–water partition coefficient (Wildman–Crippen LogP) is 4.28. The summed E-state index contributed by atoms with van der Waals surface area (Å²) in [6, 6.07) is 4.26. The van der Waals surface area contributed by atoms with Gasteiger partial charge in [-0.1, -0.05) is 12.8 Å². The first-order valence-corrected chi connectivity index (χ1v) is 12.5. The fourth-order valence-electron chi connectivity index (χ4n) is 5.00. The second kappa shape index (κ2) is 9.02. The number of nitrogens with zero attached hydrogens (tertiary/aromatic N) is 2. The Morgan fingerprint density at radius 3 is 2.04 bits per heavy atom. The quantitative estimate of drug-likeness (QED) is 0.527. The van der Waals surface area contributed by atoms with E-state index in [1.54, 1.807) is 0 Å². The van der Waals surface area contributed by atoms with Crippen LogP contribution in [0, 0.1) is 12.6 Å². The molecule has 27 heavy (non-hydrogen) atoms. The Kier molecular flexibility index (Phi) is 6.89. The Balaban J connectivity index is 1.64. The first kappa shape index (κ1) is 20.6. The monoisotopic (exact) mass is 596 g/mol. The van der Waals surface area contributed by atoms with Crippen LogP contribution in [0.25, 0.3) is 0 Å². The van der Waals surface area contributed by atoms with Gasteiger partial charge in [-0.2, -0.15) is 0 Å². The summed E-state index contributed by atoms with van der Waals surface area (Å²) in [5.74, 6) is 0.899. The zero-order chi connectivity index (χ0) is 18.9. The number of ether oxygens (including phenoxy) is 1. The number of hydrogen-bond donors (Lipinski definition) is 1. The van der Waals surface area contributed by atoms with Gasteiger partial charge < -0.3 is 19.6 Å². The Morgan fingerprint density at radius 2 is 1.48 bits per heavy atom. The number of rotatable bonds is 4. The zero-order valence-electron chi connectivity index (χ0n) is 15.9. The van der Waals surface area contributed by atoms with E-state index >= 15 is 0 Å². The van der Waals surface area contributed by atoms with Gasteiger partial charge in [0.1, 0.15) is 5.75 Å². The van der Waals surface area contributed by atoms with Crippen molar-refractivity contribution in [3.05, 3.63) is 24.8 Å². The smallest absolute Gasteiger partial charge is 0.138 e. The molecule has 6 heteroatoms. The molecule has 0 bridgehead atoms. The first-order valence-electron chi connectivity index (χ1n) is 10.3. The number of fused-ring (bicyclic) bond motifs is 1. The molecule has 0 amide bonds. The van der Waals surface area contributed by atoms with Crippen LogP contribution in [0.3, 0.4) is 0 Å². The van der Waals surface area contributed by atoms with Crippen molar-refractivity contribution in [1.29, 1.82) is 0 Å². The average molecular weight is 596 g/mol. The third kappa shape index (κ3) is 4.59. The van der Waals surface area contributed by atoms with Crippen molar-refractivity contribution in [3.63, 3.8) is 0 Å². The van der Waals surface area contributed by atoms with Crippen molar-refractivity contribution in [3.8, 4) is 5.75 Å². The van der Waals surface area contributed by atoms with E-state index in [0.717, 1.165) is 54.2 Å². The molecule has 1 aromatic rings. The maximum absolute atomic E-state index is 11.6.